The van der Waals surface area contributed by atoms with Crippen LogP contribution in [0.15, 0.2) is 4.36 Å². The number of rotatable bonds is 0. The lowest BCUT2D eigenvalue weighted by Gasteiger charge is -2.12. The first-order valence-corrected chi connectivity index (χ1v) is 5.21. The third-order valence-electron chi connectivity index (χ3n) is 1.52. The molecule has 0 radical (unpaired) electrons. The summed E-state index contributed by atoms with van der Waals surface area (Å²) in [6.07, 6.45) is 3.86. The monoisotopic (exact) mass is 159 g/mol. The number of hydrogen-bond acceptors (Lipinski definition) is 1. The van der Waals surface area contributed by atoms with Crippen molar-refractivity contribution in [1.29, 1.82) is 0 Å². The van der Waals surface area contributed by atoms with Crippen molar-refractivity contribution in [3.8, 4) is 0 Å². The summed E-state index contributed by atoms with van der Waals surface area (Å²) in [6, 6.07) is 0. The van der Waals surface area contributed by atoms with E-state index in [0.717, 1.165) is 11.5 Å². The highest BCUT2D eigenvalue weighted by Crippen LogP contribution is 2.09. The van der Waals surface area contributed by atoms with Crippen LogP contribution in [0.5, 0.6) is 0 Å². The number of amides is 1. The van der Waals surface area contributed by atoms with Gasteiger partial charge in [-0.2, -0.15) is 4.36 Å². The largest absolute Gasteiger partial charge is 0.272 e. The molecule has 0 atom stereocenters. The third kappa shape index (κ3) is 2.60. The second kappa shape index (κ2) is 3.86. The molecule has 0 spiro atoms. The van der Waals surface area contributed by atoms with Crippen LogP contribution < -0.4 is 0 Å². The van der Waals surface area contributed by atoms with E-state index in [0.29, 0.717) is 0 Å². The molecule has 0 bridgehead atoms. The van der Waals surface area contributed by atoms with Crippen LogP contribution in [0.3, 0.4) is 0 Å². The van der Waals surface area contributed by atoms with Gasteiger partial charge in [-0.1, -0.05) is 17.1 Å². The van der Waals surface area contributed by atoms with Gasteiger partial charge < -0.3 is 0 Å². The molecule has 1 fully saturated rings. The van der Waals surface area contributed by atoms with E-state index in [9.17, 15) is 4.79 Å². The zero-order valence-electron chi connectivity index (χ0n) is 6.30. The van der Waals surface area contributed by atoms with Crippen LogP contribution in [0, 0.1) is 0 Å². The maximum atomic E-state index is 10.6. The summed E-state index contributed by atoms with van der Waals surface area (Å²) in [5.41, 5.74) is 0. The lowest BCUT2D eigenvalue weighted by molar-refractivity contribution is -0.115. The van der Waals surface area contributed by atoms with E-state index < -0.39 is 0 Å². The fraction of sp³-hybridized carbons (Fsp3) is 0.857. The lowest BCUT2D eigenvalue weighted by atomic mass is 10.3. The van der Waals surface area contributed by atoms with E-state index in [1.807, 2.05) is 0 Å². The van der Waals surface area contributed by atoms with Crippen LogP contribution in [-0.2, 0) is 15.5 Å². The summed E-state index contributed by atoms with van der Waals surface area (Å²) in [6.45, 7) is 1.54. The van der Waals surface area contributed by atoms with Gasteiger partial charge in [0.1, 0.15) is 0 Å². The Morgan fingerprint density at radius 2 is 1.90 bits per heavy atom. The molecular formula is C7H13NOS. The lowest BCUT2D eigenvalue weighted by Crippen LogP contribution is -2.10. The first kappa shape index (κ1) is 7.92. The number of hydrogen-bond donors (Lipinski definition) is 0. The van der Waals surface area contributed by atoms with Crippen molar-refractivity contribution in [2.24, 2.45) is 4.36 Å². The molecule has 0 N–H and O–H groups in total. The molecule has 58 valence electrons. The average Bonchev–Trinajstić information content (AvgIpc) is 1.88. The standard InChI is InChI=1S/C7H13NOS/c1-7(9)8-10-5-3-2-4-6-10/h2-6H2,1H3. The first-order valence-electron chi connectivity index (χ1n) is 3.69. The van der Waals surface area contributed by atoms with Crippen LogP contribution in [0.4, 0.5) is 0 Å². The molecule has 0 aromatic rings. The van der Waals surface area contributed by atoms with Crippen molar-refractivity contribution in [1.82, 2.24) is 0 Å². The highest BCUT2D eigenvalue weighted by atomic mass is 32.2. The van der Waals surface area contributed by atoms with Gasteiger partial charge in [-0.05, 0) is 12.8 Å². The molecule has 0 aromatic carbocycles. The normalized spacial score (nSPS) is 20.5. The van der Waals surface area contributed by atoms with Crippen LogP contribution >= 0.6 is 0 Å². The Balaban J connectivity index is 2.45. The van der Waals surface area contributed by atoms with Crippen LogP contribution in [0.25, 0.3) is 0 Å². The van der Waals surface area contributed by atoms with Gasteiger partial charge in [-0.25, -0.2) is 0 Å². The molecule has 1 saturated heterocycles. The molecule has 0 unspecified atom stereocenters. The summed E-state index contributed by atoms with van der Waals surface area (Å²) in [5.74, 6) is 2.31. The number of carbonyl (C=O) groups is 1. The van der Waals surface area contributed by atoms with Gasteiger partial charge in [0.15, 0.2) is 0 Å². The average molecular weight is 159 g/mol. The zero-order chi connectivity index (χ0) is 7.40. The minimum atomic E-state index is 0.00485. The van der Waals surface area contributed by atoms with E-state index in [-0.39, 0.29) is 16.6 Å². The molecule has 1 rings (SSSR count). The van der Waals surface area contributed by atoms with Crippen molar-refractivity contribution in [2.75, 3.05) is 11.5 Å². The predicted molar refractivity (Wildman–Crippen MR) is 44.1 cm³/mol. The van der Waals surface area contributed by atoms with E-state index in [2.05, 4.69) is 4.36 Å². The summed E-state index contributed by atoms with van der Waals surface area (Å²) in [7, 11) is 0.101. The summed E-state index contributed by atoms with van der Waals surface area (Å²) >= 11 is 0. The molecular weight excluding hydrogens is 146 g/mol. The highest BCUT2D eigenvalue weighted by Gasteiger charge is 2.04. The molecule has 1 aliphatic rings. The molecule has 10 heavy (non-hydrogen) atoms. The maximum absolute atomic E-state index is 10.6. The fourth-order valence-corrected chi connectivity index (χ4v) is 2.91. The Morgan fingerprint density at radius 3 is 2.40 bits per heavy atom. The zero-order valence-corrected chi connectivity index (χ0v) is 7.12. The van der Waals surface area contributed by atoms with Gasteiger partial charge in [0, 0.05) is 18.4 Å². The van der Waals surface area contributed by atoms with Crippen molar-refractivity contribution in [3.63, 3.8) is 0 Å². The van der Waals surface area contributed by atoms with E-state index >= 15 is 0 Å². The van der Waals surface area contributed by atoms with Crippen LogP contribution in [-0.4, -0.2) is 17.4 Å². The molecule has 1 amide bonds. The van der Waals surface area contributed by atoms with Crippen LogP contribution in [0.1, 0.15) is 26.2 Å². The minimum absolute atomic E-state index is 0.00485. The van der Waals surface area contributed by atoms with E-state index in [1.165, 1.54) is 19.3 Å². The van der Waals surface area contributed by atoms with E-state index in [4.69, 9.17) is 0 Å². The Kier molecular flexibility index (Phi) is 3.06. The van der Waals surface area contributed by atoms with Crippen molar-refractivity contribution >= 4 is 16.6 Å². The van der Waals surface area contributed by atoms with Gasteiger partial charge in [0.2, 0.25) is 5.91 Å². The maximum Gasteiger partial charge on any atom is 0.248 e. The first-order chi connectivity index (χ1) is 4.79. The molecule has 0 aromatic heterocycles. The smallest absolute Gasteiger partial charge is 0.248 e. The van der Waals surface area contributed by atoms with Gasteiger partial charge in [0.25, 0.3) is 0 Å². The van der Waals surface area contributed by atoms with Gasteiger partial charge >= 0.3 is 0 Å². The molecule has 0 aliphatic carbocycles. The molecule has 1 aliphatic heterocycles. The van der Waals surface area contributed by atoms with Gasteiger partial charge in [-0.3, -0.25) is 4.79 Å². The fourth-order valence-electron chi connectivity index (χ4n) is 1.09. The topological polar surface area (TPSA) is 29.4 Å². The summed E-state index contributed by atoms with van der Waals surface area (Å²) in [4.78, 5) is 10.6. The molecule has 1 heterocycles. The molecule has 3 heteroatoms. The van der Waals surface area contributed by atoms with Crippen molar-refractivity contribution in [3.05, 3.63) is 0 Å². The Hall–Kier alpha value is -0.180. The Morgan fingerprint density at radius 1 is 1.30 bits per heavy atom. The van der Waals surface area contributed by atoms with Gasteiger partial charge in [0.05, 0.1) is 0 Å². The second-order valence-corrected chi connectivity index (χ2v) is 4.47. The minimum Gasteiger partial charge on any atom is -0.272 e. The quantitative estimate of drug-likeness (QED) is 0.527. The molecule has 0 saturated carbocycles. The van der Waals surface area contributed by atoms with Crippen LogP contribution in [0.2, 0.25) is 0 Å². The summed E-state index contributed by atoms with van der Waals surface area (Å²) < 4.78 is 4.03. The Labute approximate surface area is 64.1 Å². The number of nitrogens with zero attached hydrogens (tertiary/aromatic N) is 1. The van der Waals surface area contributed by atoms with Gasteiger partial charge in [-0.15, -0.1) is 0 Å². The highest BCUT2D eigenvalue weighted by molar-refractivity contribution is 7.87. The van der Waals surface area contributed by atoms with Crippen molar-refractivity contribution in [2.45, 2.75) is 26.2 Å². The number of carbonyl (C=O) groups excluding carboxylic acids is 1. The summed E-state index contributed by atoms with van der Waals surface area (Å²) in [5, 5.41) is 0. The SMILES string of the molecule is CC(=O)N=S1CCCCC1. The molecule has 2 nitrogen and oxygen atoms in total. The Bertz CT molecular complexity index is 157. The third-order valence-corrected chi connectivity index (χ3v) is 3.55. The van der Waals surface area contributed by atoms with E-state index in [1.54, 1.807) is 6.92 Å². The second-order valence-electron chi connectivity index (χ2n) is 2.54. The van der Waals surface area contributed by atoms with Crippen molar-refractivity contribution < 1.29 is 4.79 Å². The predicted octanol–water partition coefficient (Wildman–Crippen LogP) is 1.52.